The van der Waals surface area contributed by atoms with Gasteiger partial charge >= 0.3 is 6.09 Å². The van der Waals surface area contributed by atoms with Gasteiger partial charge in [0.25, 0.3) is 0 Å². The first-order valence-electron chi connectivity index (χ1n) is 5.64. The largest absolute Gasteiger partial charge is 0.444 e. The van der Waals surface area contributed by atoms with Crippen molar-refractivity contribution in [2.75, 3.05) is 0 Å². The SMILES string of the molecule is CCc1noc([C@H](C)NC(=O)OC(C)(C)C)n1. The Bertz CT molecular complexity index is 382. The maximum atomic E-state index is 11.5. The van der Waals surface area contributed by atoms with Crippen molar-refractivity contribution in [1.82, 2.24) is 15.5 Å². The topological polar surface area (TPSA) is 77.2 Å². The zero-order valence-electron chi connectivity index (χ0n) is 10.9. The van der Waals surface area contributed by atoms with Crippen molar-refractivity contribution in [1.29, 1.82) is 0 Å². The Morgan fingerprint density at radius 2 is 2.18 bits per heavy atom. The van der Waals surface area contributed by atoms with Crippen LogP contribution in [0, 0.1) is 0 Å². The zero-order valence-corrected chi connectivity index (χ0v) is 10.9. The number of alkyl carbamates (subject to hydrolysis) is 1. The molecule has 6 nitrogen and oxygen atoms in total. The van der Waals surface area contributed by atoms with E-state index in [1.165, 1.54) is 0 Å². The Morgan fingerprint density at radius 3 is 2.65 bits per heavy atom. The second kappa shape index (κ2) is 5.16. The molecule has 1 rings (SSSR count). The van der Waals surface area contributed by atoms with Crippen LogP contribution in [0.2, 0.25) is 0 Å². The first-order chi connectivity index (χ1) is 7.81. The molecule has 0 spiro atoms. The van der Waals surface area contributed by atoms with Crippen molar-refractivity contribution in [2.45, 2.75) is 52.7 Å². The molecule has 0 aliphatic carbocycles. The van der Waals surface area contributed by atoms with E-state index in [-0.39, 0.29) is 6.04 Å². The van der Waals surface area contributed by atoms with Crippen molar-refractivity contribution in [3.63, 3.8) is 0 Å². The van der Waals surface area contributed by atoms with Crippen molar-refractivity contribution < 1.29 is 14.1 Å². The molecule has 0 saturated heterocycles. The highest BCUT2D eigenvalue weighted by atomic mass is 16.6. The van der Waals surface area contributed by atoms with E-state index in [9.17, 15) is 4.79 Å². The third-order valence-corrected chi connectivity index (χ3v) is 1.90. The first kappa shape index (κ1) is 13.5. The van der Waals surface area contributed by atoms with Crippen molar-refractivity contribution in [3.05, 3.63) is 11.7 Å². The fourth-order valence-corrected chi connectivity index (χ4v) is 1.13. The van der Waals surface area contributed by atoms with Gasteiger partial charge in [-0.1, -0.05) is 12.1 Å². The standard InChI is InChI=1S/C11H19N3O3/c1-6-8-13-9(17-14-8)7(2)12-10(15)16-11(3,4)5/h7H,6H2,1-5H3,(H,12,15)/t7-/m0/s1. The Morgan fingerprint density at radius 1 is 1.53 bits per heavy atom. The average Bonchev–Trinajstić information content (AvgIpc) is 2.62. The van der Waals surface area contributed by atoms with Crippen molar-refractivity contribution >= 4 is 6.09 Å². The number of carbonyl (C=O) groups excluding carboxylic acids is 1. The molecular weight excluding hydrogens is 222 g/mol. The summed E-state index contributed by atoms with van der Waals surface area (Å²) in [5.41, 5.74) is -0.521. The second-order valence-corrected chi connectivity index (χ2v) is 4.77. The van der Waals surface area contributed by atoms with E-state index in [1.54, 1.807) is 27.7 Å². The number of carbonyl (C=O) groups is 1. The lowest BCUT2D eigenvalue weighted by Crippen LogP contribution is -2.34. The van der Waals surface area contributed by atoms with Crippen LogP contribution in [0.25, 0.3) is 0 Å². The highest BCUT2D eigenvalue weighted by molar-refractivity contribution is 5.68. The Labute approximate surface area is 101 Å². The summed E-state index contributed by atoms with van der Waals surface area (Å²) in [4.78, 5) is 15.6. The van der Waals surface area contributed by atoms with Crippen LogP contribution >= 0.6 is 0 Å². The predicted molar refractivity (Wildman–Crippen MR) is 61.5 cm³/mol. The molecule has 0 fully saturated rings. The smallest absolute Gasteiger partial charge is 0.408 e. The molecule has 0 unspecified atom stereocenters. The van der Waals surface area contributed by atoms with Crippen LogP contribution in [0.4, 0.5) is 4.79 Å². The fourth-order valence-electron chi connectivity index (χ4n) is 1.13. The number of hydrogen-bond acceptors (Lipinski definition) is 5. The first-order valence-corrected chi connectivity index (χ1v) is 5.64. The van der Waals surface area contributed by atoms with E-state index >= 15 is 0 Å². The Kier molecular flexibility index (Phi) is 4.09. The minimum Gasteiger partial charge on any atom is -0.444 e. The van der Waals surface area contributed by atoms with Gasteiger partial charge in [-0.05, 0) is 27.7 Å². The normalized spacial score (nSPS) is 13.2. The van der Waals surface area contributed by atoms with Gasteiger partial charge in [0, 0.05) is 6.42 Å². The molecule has 1 aromatic rings. The molecular formula is C11H19N3O3. The minimum atomic E-state index is -0.521. The zero-order chi connectivity index (χ0) is 13.1. The number of rotatable bonds is 3. The molecule has 1 heterocycles. The molecule has 1 atom stereocenters. The highest BCUT2D eigenvalue weighted by Crippen LogP contribution is 2.12. The second-order valence-electron chi connectivity index (χ2n) is 4.77. The van der Waals surface area contributed by atoms with Crippen LogP contribution in [0.5, 0.6) is 0 Å². The summed E-state index contributed by atoms with van der Waals surface area (Å²) < 4.78 is 10.1. The van der Waals surface area contributed by atoms with Crippen LogP contribution < -0.4 is 5.32 Å². The van der Waals surface area contributed by atoms with Crippen LogP contribution in [0.1, 0.15) is 52.4 Å². The summed E-state index contributed by atoms with van der Waals surface area (Å²) in [6.07, 6.45) is 0.198. The lowest BCUT2D eigenvalue weighted by Gasteiger charge is -2.20. The molecule has 17 heavy (non-hydrogen) atoms. The van der Waals surface area contributed by atoms with Gasteiger partial charge in [0.1, 0.15) is 11.6 Å². The monoisotopic (exact) mass is 241 g/mol. The molecule has 0 aliphatic heterocycles. The number of aryl methyl sites for hydroxylation is 1. The van der Waals surface area contributed by atoms with E-state index < -0.39 is 11.7 Å². The van der Waals surface area contributed by atoms with E-state index in [4.69, 9.17) is 9.26 Å². The van der Waals surface area contributed by atoms with Gasteiger partial charge in [0.2, 0.25) is 5.89 Å². The van der Waals surface area contributed by atoms with Gasteiger partial charge in [-0.3, -0.25) is 0 Å². The molecule has 0 saturated carbocycles. The van der Waals surface area contributed by atoms with E-state index in [2.05, 4.69) is 15.5 Å². The molecule has 1 N–H and O–H groups in total. The number of amides is 1. The molecule has 1 amide bonds. The quantitative estimate of drug-likeness (QED) is 0.877. The number of nitrogens with one attached hydrogen (secondary N) is 1. The number of nitrogens with zero attached hydrogens (tertiary/aromatic N) is 2. The van der Waals surface area contributed by atoms with E-state index in [1.807, 2.05) is 6.92 Å². The number of aromatic nitrogens is 2. The molecule has 1 aromatic heterocycles. The summed E-state index contributed by atoms with van der Waals surface area (Å²) in [5.74, 6) is 1.01. The van der Waals surface area contributed by atoms with Gasteiger partial charge < -0.3 is 14.6 Å². The molecule has 96 valence electrons. The van der Waals surface area contributed by atoms with Crippen LogP contribution in [-0.4, -0.2) is 21.8 Å². The lowest BCUT2D eigenvalue weighted by atomic mass is 10.2. The van der Waals surface area contributed by atoms with Crippen molar-refractivity contribution in [2.24, 2.45) is 0 Å². The molecule has 6 heteroatoms. The lowest BCUT2D eigenvalue weighted by molar-refractivity contribution is 0.0499. The summed E-state index contributed by atoms with van der Waals surface area (Å²) in [6.45, 7) is 9.11. The predicted octanol–water partition coefficient (Wildman–Crippen LogP) is 2.22. The molecule has 0 aliphatic rings. The fraction of sp³-hybridized carbons (Fsp3) is 0.727. The van der Waals surface area contributed by atoms with Gasteiger partial charge in [-0.2, -0.15) is 4.98 Å². The molecule has 0 radical (unpaired) electrons. The Balaban J connectivity index is 2.54. The average molecular weight is 241 g/mol. The third kappa shape index (κ3) is 4.42. The van der Waals surface area contributed by atoms with Crippen LogP contribution in [0.3, 0.4) is 0 Å². The summed E-state index contributed by atoms with van der Waals surface area (Å²) in [5, 5.41) is 6.39. The number of hydrogen-bond donors (Lipinski definition) is 1. The third-order valence-electron chi connectivity index (χ3n) is 1.90. The van der Waals surface area contributed by atoms with Gasteiger partial charge in [0.15, 0.2) is 5.82 Å². The summed E-state index contributed by atoms with van der Waals surface area (Å²) in [7, 11) is 0. The van der Waals surface area contributed by atoms with Crippen LogP contribution in [-0.2, 0) is 11.2 Å². The van der Waals surface area contributed by atoms with E-state index in [0.717, 1.165) is 0 Å². The van der Waals surface area contributed by atoms with Crippen molar-refractivity contribution in [3.8, 4) is 0 Å². The van der Waals surface area contributed by atoms with Gasteiger partial charge in [0.05, 0.1) is 0 Å². The van der Waals surface area contributed by atoms with Gasteiger partial charge in [-0.25, -0.2) is 4.79 Å². The molecule has 0 aromatic carbocycles. The van der Waals surface area contributed by atoms with Crippen LogP contribution in [0.15, 0.2) is 4.52 Å². The van der Waals surface area contributed by atoms with Gasteiger partial charge in [-0.15, -0.1) is 0 Å². The number of ether oxygens (including phenoxy) is 1. The Hall–Kier alpha value is -1.59. The highest BCUT2D eigenvalue weighted by Gasteiger charge is 2.20. The summed E-state index contributed by atoms with van der Waals surface area (Å²) >= 11 is 0. The maximum absolute atomic E-state index is 11.5. The molecule has 0 bridgehead atoms. The summed E-state index contributed by atoms with van der Waals surface area (Å²) in [6, 6.07) is -0.363. The maximum Gasteiger partial charge on any atom is 0.408 e. The van der Waals surface area contributed by atoms with E-state index in [0.29, 0.717) is 18.1 Å². The minimum absolute atomic E-state index is 0.363.